The first-order valence-corrected chi connectivity index (χ1v) is 8.61. The molecule has 1 aromatic heterocycles. The van der Waals surface area contributed by atoms with E-state index in [0.29, 0.717) is 13.0 Å². The van der Waals surface area contributed by atoms with Crippen LogP contribution in [0.25, 0.3) is 11.0 Å². The number of rotatable bonds is 4. The zero-order chi connectivity index (χ0) is 14.9. The van der Waals surface area contributed by atoms with E-state index in [0.717, 1.165) is 11.0 Å². The van der Waals surface area contributed by atoms with Crippen molar-refractivity contribution in [3.8, 4) is 0 Å². The highest BCUT2D eigenvalue weighted by Gasteiger charge is 2.27. The zero-order valence-electron chi connectivity index (χ0n) is 11.4. The van der Waals surface area contributed by atoms with Gasteiger partial charge in [0.15, 0.2) is 9.84 Å². The van der Waals surface area contributed by atoms with Gasteiger partial charge in [-0.3, -0.25) is 4.79 Å². The van der Waals surface area contributed by atoms with Crippen LogP contribution in [0.5, 0.6) is 0 Å². The highest BCUT2D eigenvalue weighted by molar-refractivity contribution is 7.91. The lowest BCUT2D eigenvalue weighted by Crippen LogP contribution is -2.32. The van der Waals surface area contributed by atoms with Crippen LogP contribution in [-0.4, -0.2) is 47.4 Å². The van der Waals surface area contributed by atoms with Crippen molar-refractivity contribution in [3.05, 3.63) is 24.3 Å². The number of nitrogens with zero attached hydrogens (tertiary/aromatic N) is 3. The molecule has 0 bridgehead atoms. The van der Waals surface area contributed by atoms with Gasteiger partial charge < -0.3 is 5.32 Å². The molecule has 0 radical (unpaired) electrons. The number of hydrogen-bond acceptors (Lipinski definition) is 5. The summed E-state index contributed by atoms with van der Waals surface area (Å²) in [6.45, 7) is 0.477. The molecule has 21 heavy (non-hydrogen) atoms. The number of carbonyl (C=O) groups excluding carboxylic acids is 1. The number of sulfone groups is 1. The minimum atomic E-state index is -2.90. The Morgan fingerprint density at radius 1 is 1.38 bits per heavy atom. The van der Waals surface area contributed by atoms with Crippen LogP contribution in [0, 0.1) is 5.92 Å². The Labute approximate surface area is 122 Å². The number of carbonyl (C=O) groups is 1. The maximum Gasteiger partial charge on any atom is 0.241 e. The van der Waals surface area contributed by atoms with Gasteiger partial charge in [0, 0.05) is 6.54 Å². The molecular weight excluding hydrogens is 292 g/mol. The van der Waals surface area contributed by atoms with Crippen molar-refractivity contribution in [2.75, 3.05) is 18.1 Å². The SMILES string of the molecule is O=C(Cn1nnc2ccccc21)NC[C@H]1CCS(=O)(=O)C1. The molecule has 0 aliphatic carbocycles. The predicted octanol–water partition coefficient (Wildman–Crippen LogP) is -0.0178. The Balaban J connectivity index is 1.57. The smallest absolute Gasteiger partial charge is 0.241 e. The number of nitrogens with one attached hydrogen (secondary N) is 1. The minimum absolute atomic E-state index is 0.0199. The molecule has 1 aliphatic rings. The lowest BCUT2D eigenvalue weighted by atomic mass is 10.1. The van der Waals surface area contributed by atoms with E-state index in [1.165, 1.54) is 4.68 Å². The average Bonchev–Trinajstić information content (AvgIpc) is 3.01. The normalized spacial score (nSPS) is 20.7. The molecule has 0 unspecified atom stereocenters. The van der Waals surface area contributed by atoms with Gasteiger partial charge in [0.2, 0.25) is 5.91 Å². The van der Waals surface area contributed by atoms with Crippen molar-refractivity contribution in [2.24, 2.45) is 5.92 Å². The first-order valence-electron chi connectivity index (χ1n) is 6.79. The van der Waals surface area contributed by atoms with Crippen LogP contribution >= 0.6 is 0 Å². The minimum Gasteiger partial charge on any atom is -0.354 e. The van der Waals surface area contributed by atoms with E-state index in [4.69, 9.17) is 0 Å². The zero-order valence-corrected chi connectivity index (χ0v) is 12.2. The third-order valence-corrected chi connectivity index (χ3v) is 5.47. The van der Waals surface area contributed by atoms with Crippen LogP contribution < -0.4 is 5.32 Å². The van der Waals surface area contributed by atoms with Gasteiger partial charge in [-0.05, 0) is 24.5 Å². The standard InChI is InChI=1S/C13H16N4O3S/c18-13(14-7-10-5-6-21(19,20)9-10)8-17-12-4-2-1-3-11(12)15-16-17/h1-4,10H,5-9H2,(H,14,18)/t10-/m1/s1. The lowest BCUT2D eigenvalue weighted by Gasteiger charge is -2.09. The quantitative estimate of drug-likeness (QED) is 0.857. The van der Waals surface area contributed by atoms with Crippen molar-refractivity contribution in [1.29, 1.82) is 0 Å². The van der Waals surface area contributed by atoms with E-state index >= 15 is 0 Å². The summed E-state index contributed by atoms with van der Waals surface area (Å²) in [5.41, 5.74) is 1.54. The fourth-order valence-electron chi connectivity index (χ4n) is 2.52. The molecule has 8 heteroatoms. The van der Waals surface area contributed by atoms with Gasteiger partial charge in [-0.25, -0.2) is 13.1 Å². The van der Waals surface area contributed by atoms with E-state index in [1.54, 1.807) is 0 Å². The van der Waals surface area contributed by atoms with Crippen molar-refractivity contribution in [1.82, 2.24) is 20.3 Å². The van der Waals surface area contributed by atoms with E-state index < -0.39 is 9.84 Å². The average molecular weight is 308 g/mol. The first kappa shape index (κ1) is 14.0. The second kappa shape index (κ2) is 5.44. The van der Waals surface area contributed by atoms with E-state index in [-0.39, 0.29) is 29.9 Å². The number of para-hydroxylation sites is 1. The summed E-state index contributed by atoms with van der Waals surface area (Å²) < 4.78 is 24.2. The number of hydrogen-bond donors (Lipinski definition) is 1. The molecule has 112 valence electrons. The molecule has 0 spiro atoms. The van der Waals surface area contributed by atoms with Crippen LogP contribution in [0.3, 0.4) is 0 Å². The van der Waals surface area contributed by atoms with Gasteiger partial charge in [0.05, 0.1) is 17.0 Å². The molecule has 2 aromatic rings. The van der Waals surface area contributed by atoms with Crippen molar-refractivity contribution in [2.45, 2.75) is 13.0 Å². The van der Waals surface area contributed by atoms with Crippen LogP contribution in [0.1, 0.15) is 6.42 Å². The van der Waals surface area contributed by atoms with E-state index in [9.17, 15) is 13.2 Å². The Morgan fingerprint density at radius 2 is 2.19 bits per heavy atom. The summed E-state index contributed by atoms with van der Waals surface area (Å²) in [6.07, 6.45) is 0.620. The summed E-state index contributed by atoms with van der Waals surface area (Å²) in [4.78, 5) is 11.9. The highest BCUT2D eigenvalue weighted by Crippen LogP contribution is 2.17. The van der Waals surface area contributed by atoms with Gasteiger partial charge >= 0.3 is 0 Å². The molecule has 1 atom stereocenters. The molecule has 1 aliphatic heterocycles. The Hall–Kier alpha value is -1.96. The molecule has 1 aromatic carbocycles. The van der Waals surface area contributed by atoms with Gasteiger partial charge in [0.1, 0.15) is 12.1 Å². The van der Waals surface area contributed by atoms with E-state index in [2.05, 4.69) is 15.6 Å². The molecule has 3 rings (SSSR count). The lowest BCUT2D eigenvalue weighted by molar-refractivity contribution is -0.121. The molecular formula is C13H16N4O3S. The van der Waals surface area contributed by atoms with Crippen molar-refractivity contribution >= 4 is 26.8 Å². The number of fused-ring (bicyclic) bond motifs is 1. The third kappa shape index (κ3) is 3.21. The topological polar surface area (TPSA) is 93.9 Å². The second-order valence-electron chi connectivity index (χ2n) is 5.31. The summed E-state index contributed by atoms with van der Waals surface area (Å²) in [6, 6.07) is 7.41. The van der Waals surface area contributed by atoms with Gasteiger partial charge in [-0.1, -0.05) is 17.3 Å². The highest BCUT2D eigenvalue weighted by atomic mass is 32.2. The van der Waals surface area contributed by atoms with Crippen molar-refractivity contribution in [3.63, 3.8) is 0 Å². The first-order chi connectivity index (χ1) is 10.0. The van der Waals surface area contributed by atoms with Gasteiger partial charge in [0.25, 0.3) is 0 Å². The summed E-state index contributed by atoms with van der Waals surface area (Å²) >= 11 is 0. The molecule has 7 nitrogen and oxygen atoms in total. The maximum absolute atomic E-state index is 11.9. The van der Waals surface area contributed by atoms with Gasteiger partial charge in [-0.2, -0.15) is 0 Å². The molecule has 1 fully saturated rings. The summed E-state index contributed by atoms with van der Waals surface area (Å²) in [7, 11) is -2.90. The molecule has 1 saturated heterocycles. The number of benzene rings is 1. The Kier molecular flexibility index (Phi) is 3.62. The van der Waals surface area contributed by atoms with Crippen LogP contribution in [0.4, 0.5) is 0 Å². The largest absolute Gasteiger partial charge is 0.354 e. The maximum atomic E-state index is 11.9. The number of aromatic nitrogens is 3. The van der Waals surface area contributed by atoms with Crippen LogP contribution in [-0.2, 0) is 21.2 Å². The summed E-state index contributed by atoms with van der Waals surface area (Å²) in [5.74, 6) is 0.224. The van der Waals surface area contributed by atoms with Gasteiger partial charge in [-0.15, -0.1) is 5.10 Å². The summed E-state index contributed by atoms with van der Waals surface area (Å²) in [5, 5.41) is 10.7. The molecule has 1 amide bonds. The second-order valence-corrected chi connectivity index (χ2v) is 7.54. The van der Waals surface area contributed by atoms with E-state index in [1.807, 2.05) is 24.3 Å². The Morgan fingerprint density at radius 3 is 2.95 bits per heavy atom. The molecule has 2 heterocycles. The molecule has 0 saturated carbocycles. The number of amides is 1. The van der Waals surface area contributed by atoms with Crippen LogP contribution in [0.2, 0.25) is 0 Å². The Bertz CT molecular complexity index is 769. The van der Waals surface area contributed by atoms with Crippen molar-refractivity contribution < 1.29 is 13.2 Å². The predicted molar refractivity (Wildman–Crippen MR) is 77.3 cm³/mol. The molecule has 1 N–H and O–H groups in total. The fraction of sp³-hybridized carbons (Fsp3) is 0.462. The monoisotopic (exact) mass is 308 g/mol. The fourth-order valence-corrected chi connectivity index (χ4v) is 4.38. The van der Waals surface area contributed by atoms with Crippen LogP contribution in [0.15, 0.2) is 24.3 Å². The third-order valence-electron chi connectivity index (χ3n) is 3.63.